The third kappa shape index (κ3) is 4.58. The van der Waals surface area contributed by atoms with Crippen molar-refractivity contribution in [3.63, 3.8) is 0 Å². The molecule has 2 N–H and O–H groups in total. The molecule has 2 aromatic carbocycles. The van der Waals surface area contributed by atoms with E-state index in [1.165, 1.54) is 17.5 Å². The summed E-state index contributed by atoms with van der Waals surface area (Å²) in [5, 5.41) is 3.33. The summed E-state index contributed by atoms with van der Waals surface area (Å²) in [6.45, 7) is 1.37. The van der Waals surface area contributed by atoms with Crippen LogP contribution in [0.4, 0.5) is 0 Å². The maximum atomic E-state index is 11.8. The third-order valence-corrected chi connectivity index (χ3v) is 5.45. The fourth-order valence-electron chi connectivity index (χ4n) is 2.04. The predicted molar refractivity (Wildman–Crippen MR) is 91.5 cm³/mol. The van der Waals surface area contributed by atoms with Crippen LogP contribution in [0.25, 0.3) is 0 Å². The first-order valence-corrected chi connectivity index (χ1v) is 9.62. The monoisotopic (exact) mass is 336 g/mol. The lowest BCUT2D eigenvalue weighted by Crippen LogP contribution is -2.19. The highest BCUT2D eigenvalue weighted by Gasteiger charge is 2.10. The van der Waals surface area contributed by atoms with Gasteiger partial charge in [0.25, 0.3) is 0 Å². The molecule has 2 aromatic rings. The molecular formula is C16H20N2O2S2. The number of hydrogen-bond acceptors (Lipinski definition) is 4. The Bertz CT molecular complexity index is 713. The van der Waals surface area contributed by atoms with E-state index in [1.54, 1.807) is 30.0 Å². The first-order chi connectivity index (χ1) is 10.5. The molecule has 0 fully saturated rings. The van der Waals surface area contributed by atoms with Crippen LogP contribution in [0.1, 0.15) is 11.1 Å². The molecule has 4 nitrogen and oxygen atoms in total. The minimum atomic E-state index is -3.39. The average Bonchev–Trinajstić information content (AvgIpc) is 2.56. The van der Waals surface area contributed by atoms with Gasteiger partial charge in [-0.15, -0.1) is 11.8 Å². The zero-order chi connectivity index (χ0) is 16.0. The van der Waals surface area contributed by atoms with Crippen molar-refractivity contribution in [1.82, 2.24) is 10.0 Å². The van der Waals surface area contributed by atoms with Crippen molar-refractivity contribution in [3.05, 3.63) is 59.7 Å². The van der Waals surface area contributed by atoms with Crippen LogP contribution < -0.4 is 10.0 Å². The van der Waals surface area contributed by atoms with Gasteiger partial charge in [-0.3, -0.25) is 0 Å². The van der Waals surface area contributed by atoms with Gasteiger partial charge in [-0.2, -0.15) is 0 Å². The quantitative estimate of drug-likeness (QED) is 0.763. The highest BCUT2D eigenvalue weighted by Crippen LogP contribution is 2.15. The topological polar surface area (TPSA) is 58.2 Å². The number of rotatable bonds is 7. The van der Waals surface area contributed by atoms with Gasteiger partial charge in [0.2, 0.25) is 10.0 Å². The Hall–Kier alpha value is -1.34. The van der Waals surface area contributed by atoms with E-state index in [9.17, 15) is 8.42 Å². The maximum absolute atomic E-state index is 11.8. The molecule has 0 unspecified atom stereocenters. The Labute approximate surface area is 136 Å². The van der Waals surface area contributed by atoms with Gasteiger partial charge in [0.05, 0.1) is 4.90 Å². The lowest BCUT2D eigenvalue weighted by atomic mass is 10.2. The van der Waals surface area contributed by atoms with E-state index in [0.717, 1.165) is 12.1 Å². The first kappa shape index (κ1) is 17.0. The van der Waals surface area contributed by atoms with Crippen LogP contribution in [0.3, 0.4) is 0 Å². The van der Waals surface area contributed by atoms with Crippen LogP contribution in [0.5, 0.6) is 0 Å². The molecule has 0 atom stereocenters. The summed E-state index contributed by atoms with van der Waals surface area (Å²) in [7, 11) is -1.97. The molecule has 0 aromatic heterocycles. The second-order valence-corrected chi connectivity index (χ2v) is 7.57. The van der Waals surface area contributed by atoms with E-state index in [1.807, 2.05) is 6.07 Å². The summed E-state index contributed by atoms with van der Waals surface area (Å²) in [5.74, 6) is 0. The van der Waals surface area contributed by atoms with Crippen LogP contribution in [0.15, 0.2) is 58.3 Å². The Kier molecular flexibility index (Phi) is 6.02. The largest absolute Gasteiger partial charge is 0.309 e. The fraction of sp³-hybridized carbons (Fsp3) is 0.250. The van der Waals surface area contributed by atoms with E-state index in [0.29, 0.717) is 11.4 Å². The van der Waals surface area contributed by atoms with Crippen LogP contribution in [-0.2, 0) is 23.1 Å². The summed E-state index contributed by atoms with van der Waals surface area (Å²) >= 11 is 1.72. The molecule has 0 aliphatic rings. The van der Waals surface area contributed by atoms with Crippen molar-refractivity contribution >= 4 is 21.8 Å². The van der Waals surface area contributed by atoms with Crippen LogP contribution in [0, 0.1) is 0 Å². The van der Waals surface area contributed by atoms with E-state index >= 15 is 0 Å². The van der Waals surface area contributed by atoms with E-state index in [2.05, 4.69) is 40.6 Å². The lowest BCUT2D eigenvalue weighted by molar-refractivity contribution is 0.588. The summed E-state index contributed by atoms with van der Waals surface area (Å²) in [6, 6.07) is 15.4. The molecule has 0 aliphatic heterocycles. The van der Waals surface area contributed by atoms with Crippen LogP contribution in [0.2, 0.25) is 0 Å². The minimum absolute atomic E-state index is 0.290. The van der Waals surface area contributed by atoms with Crippen molar-refractivity contribution in [1.29, 1.82) is 0 Å². The summed E-state index contributed by atoms with van der Waals surface area (Å²) in [5.41, 5.74) is 2.15. The van der Waals surface area contributed by atoms with Gasteiger partial charge in [0.15, 0.2) is 0 Å². The number of sulfonamides is 1. The van der Waals surface area contributed by atoms with Crippen molar-refractivity contribution in [2.45, 2.75) is 22.9 Å². The van der Waals surface area contributed by atoms with Gasteiger partial charge in [-0.1, -0.05) is 24.3 Å². The molecule has 0 bridgehead atoms. The standard InChI is InChI=1S/C16H20N2O2S2/c1-17-22(19,20)16-5-3-4-14(10-16)12-18-11-13-6-8-15(21-2)9-7-13/h3-10,17-18H,11-12H2,1-2H3. The van der Waals surface area contributed by atoms with Gasteiger partial charge in [-0.05, 0) is 48.7 Å². The first-order valence-electron chi connectivity index (χ1n) is 6.91. The summed E-state index contributed by atoms with van der Waals surface area (Å²) < 4.78 is 25.9. The Morgan fingerprint density at radius 2 is 1.68 bits per heavy atom. The molecule has 0 spiro atoms. The van der Waals surface area contributed by atoms with Crippen molar-refractivity contribution in [2.75, 3.05) is 13.3 Å². The normalized spacial score (nSPS) is 11.5. The smallest absolute Gasteiger partial charge is 0.240 e. The Morgan fingerprint density at radius 1 is 1.00 bits per heavy atom. The predicted octanol–water partition coefficient (Wildman–Crippen LogP) is 2.61. The van der Waals surface area contributed by atoms with Gasteiger partial charge >= 0.3 is 0 Å². The van der Waals surface area contributed by atoms with E-state index < -0.39 is 10.0 Å². The average molecular weight is 336 g/mol. The van der Waals surface area contributed by atoms with E-state index in [4.69, 9.17) is 0 Å². The molecule has 0 saturated heterocycles. The number of thioether (sulfide) groups is 1. The molecule has 0 radical (unpaired) electrons. The fourth-order valence-corrected chi connectivity index (χ4v) is 3.24. The highest BCUT2D eigenvalue weighted by atomic mass is 32.2. The molecule has 22 heavy (non-hydrogen) atoms. The lowest BCUT2D eigenvalue weighted by Gasteiger charge is -2.08. The molecule has 0 aliphatic carbocycles. The van der Waals surface area contributed by atoms with Gasteiger partial charge in [0.1, 0.15) is 0 Å². The molecule has 2 rings (SSSR count). The minimum Gasteiger partial charge on any atom is -0.309 e. The zero-order valence-corrected chi connectivity index (χ0v) is 14.3. The second kappa shape index (κ2) is 7.78. The number of hydrogen-bond donors (Lipinski definition) is 2. The van der Waals surface area contributed by atoms with Gasteiger partial charge < -0.3 is 5.32 Å². The summed E-state index contributed by atoms with van der Waals surface area (Å²) in [6.07, 6.45) is 2.06. The molecule has 0 saturated carbocycles. The molecular weight excluding hydrogens is 316 g/mol. The summed E-state index contributed by atoms with van der Waals surface area (Å²) in [4.78, 5) is 1.53. The maximum Gasteiger partial charge on any atom is 0.240 e. The van der Waals surface area contributed by atoms with Crippen LogP contribution >= 0.6 is 11.8 Å². The Balaban J connectivity index is 1.95. The van der Waals surface area contributed by atoms with Gasteiger partial charge in [0, 0.05) is 18.0 Å². The van der Waals surface area contributed by atoms with Gasteiger partial charge in [-0.25, -0.2) is 13.1 Å². The SMILES string of the molecule is CNS(=O)(=O)c1cccc(CNCc2ccc(SC)cc2)c1. The number of nitrogens with one attached hydrogen (secondary N) is 2. The zero-order valence-electron chi connectivity index (χ0n) is 12.7. The van der Waals surface area contributed by atoms with Crippen LogP contribution in [-0.4, -0.2) is 21.7 Å². The molecule has 0 heterocycles. The molecule has 6 heteroatoms. The van der Waals surface area contributed by atoms with E-state index in [-0.39, 0.29) is 0 Å². The third-order valence-electron chi connectivity index (χ3n) is 3.29. The molecule has 0 amide bonds. The van der Waals surface area contributed by atoms with Crippen molar-refractivity contribution in [2.24, 2.45) is 0 Å². The Morgan fingerprint density at radius 3 is 2.32 bits per heavy atom. The molecule has 118 valence electrons. The highest BCUT2D eigenvalue weighted by molar-refractivity contribution is 7.98. The van der Waals surface area contributed by atoms with Crippen molar-refractivity contribution in [3.8, 4) is 0 Å². The second-order valence-electron chi connectivity index (χ2n) is 4.81. The van der Waals surface area contributed by atoms with Crippen molar-refractivity contribution < 1.29 is 8.42 Å². The number of benzene rings is 2.